The summed E-state index contributed by atoms with van der Waals surface area (Å²) in [5.74, 6) is 0.868. The Morgan fingerprint density at radius 2 is 2.16 bits per heavy atom. The van der Waals surface area contributed by atoms with Crippen molar-refractivity contribution in [2.24, 2.45) is 0 Å². The van der Waals surface area contributed by atoms with Crippen LogP contribution >= 0.6 is 0 Å². The molecule has 0 spiro atoms. The molecule has 1 N–H and O–H groups in total. The molecule has 2 aromatic rings. The Morgan fingerprint density at radius 1 is 1.36 bits per heavy atom. The van der Waals surface area contributed by atoms with Gasteiger partial charge in [0.05, 0.1) is 19.3 Å². The van der Waals surface area contributed by atoms with E-state index in [-0.39, 0.29) is 12.7 Å². The van der Waals surface area contributed by atoms with Crippen molar-refractivity contribution in [1.29, 1.82) is 0 Å². The number of aromatic nitrogens is 3. The minimum absolute atomic E-state index is 0.0576. The van der Waals surface area contributed by atoms with Crippen LogP contribution in [0.1, 0.15) is 11.1 Å². The molecule has 0 amide bonds. The fourth-order valence-electron chi connectivity index (χ4n) is 3.15. The van der Waals surface area contributed by atoms with E-state index < -0.39 is 6.10 Å². The Labute approximate surface area is 148 Å². The van der Waals surface area contributed by atoms with Crippen LogP contribution in [0.3, 0.4) is 0 Å². The molecule has 7 heteroatoms. The Bertz CT molecular complexity index is 642. The highest BCUT2D eigenvalue weighted by molar-refractivity contribution is 5.39. The first-order chi connectivity index (χ1) is 12.1. The number of hydrogen-bond acceptors (Lipinski definition) is 6. The first-order valence-corrected chi connectivity index (χ1v) is 8.65. The summed E-state index contributed by atoms with van der Waals surface area (Å²) in [4.78, 5) is 6.16. The first kappa shape index (κ1) is 17.8. The molecular weight excluding hydrogens is 320 g/mol. The standard InChI is InChI=1S/C18H26N4O3/c1-14-4-3-5-15(2)18(14)25-11-16(23)8-21-6-7-24-17(9-21)10-22-13-19-12-20-22/h3-5,12-13,16-17,23H,6-11H2,1-2H3. The molecular formula is C18H26N4O3. The lowest BCUT2D eigenvalue weighted by molar-refractivity contribution is -0.0517. The number of aliphatic hydroxyl groups excluding tert-OH is 1. The average Bonchev–Trinajstić information content (AvgIpc) is 3.07. The summed E-state index contributed by atoms with van der Waals surface area (Å²) >= 11 is 0. The summed E-state index contributed by atoms with van der Waals surface area (Å²) in [6.07, 6.45) is 2.73. The molecule has 0 saturated carbocycles. The highest BCUT2D eigenvalue weighted by Gasteiger charge is 2.23. The molecule has 1 aromatic carbocycles. The number of morpholine rings is 1. The summed E-state index contributed by atoms with van der Waals surface area (Å²) in [6.45, 7) is 7.81. The molecule has 0 bridgehead atoms. The predicted molar refractivity (Wildman–Crippen MR) is 93.6 cm³/mol. The third kappa shape index (κ3) is 5.01. The maximum absolute atomic E-state index is 10.4. The molecule has 3 rings (SSSR count). The van der Waals surface area contributed by atoms with Gasteiger partial charge >= 0.3 is 0 Å². The van der Waals surface area contributed by atoms with Gasteiger partial charge in [-0.1, -0.05) is 18.2 Å². The van der Waals surface area contributed by atoms with Gasteiger partial charge in [0.2, 0.25) is 0 Å². The van der Waals surface area contributed by atoms with Crippen LogP contribution in [0.15, 0.2) is 30.9 Å². The maximum Gasteiger partial charge on any atom is 0.137 e. The van der Waals surface area contributed by atoms with Crippen molar-refractivity contribution in [3.8, 4) is 5.75 Å². The van der Waals surface area contributed by atoms with Gasteiger partial charge in [0, 0.05) is 19.6 Å². The van der Waals surface area contributed by atoms with Crippen molar-refractivity contribution in [3.05, 3.63) is 42.0 Å². The van der Waals surface area contributed by atoms with Gasteiger partial charge in [-0.05, 0) is 25.0 Å². The lowest BCUT2D eigenvalue weighted by Gasteiger charge is -2.33. The van der Waals surface area contributed by atoms with Crippen LogP contribution in [0.2, 0.25) is 0 Å². The summed E-state index contributed by atoms with van der Waals surface area (Å²) < 4.78 is 13.4. The van der Waals surface area contributed by atoms with Gasteiger partial charge in [0.1, 0.15) is 31.1 Å². The van der Waals surface area contributed by atoms with Crippen molar-refractivity contribution in [3.63, 3.8) is 0 Å². The summed E-state index contributed by atoms with van der Waals surface area (Å²) in [6, 6.07) is 6.05. The largest absolute Gasteiger partial charge is 0.490 e. The summed E-state index contributed by atoms with van der Waals surface area (Å²) in [7, 11) is 0. The minimum Gasteiger partial charge on any atom is -0.490 e. The molecule has 7 nitrogen and oxygen atoms in total. The minimum atomic E-state index is -0.538. The number of aryl methyl sites for hydroxylation is 2. The molecule has 1 aliphatic heterocycles. The zero-order valence-electron chi connectivity index (χ0n) is 14.8. The average molecular weight is 346 g/mol. The van der Waals surface area contributed by atoms with Crippen molar-refractivity contribution in [2.45, 2.75) is 32.6 Å². The Balaban J connectivity index is 1.46. The van der Waals surface area contributed by atoms with Gasteiger partial charge in [-0.2, -0.15) is 5.10 Å². The quantitative estimate of drug-likeness (QED) is 0.807. The number of β-amino-alcohol motifs (C(OH)–C–C–N with tert-alkyl or cyclic N) is 1. The van der Waals surface area contributed by atoms with Crippen LogP contribution in [0.25, 0.3) is 0 Å². The van der Waals surface area contributed by atoms with E-state index in [0.29, 0.717) is 19.7 Å². The van der Waals surface area contributed by atoms with Crippen molar-refractivity contribution in [1.82, 2.24) is 19.7 Å². The lowest BCUT2D eigenvalue weighted by atomic mass is 10.1. The SMILES string of the molecule is Cc1cccc(C)c1OCC(O)CN1CCOC(Cn2cncn2)C1. The van der Waals surface area contributed by atoms with E-state index in [4.69, 9.17) is 9.47 Å². The first-order valence-electron chi connectivity index (χ1n) is 8.65. The van der Waals surface area contributed by atoms with Crippen LogP contribution in [0, 0.1) is 13.8 Å². The monoisotopic (exact) mass is 346 g/mol. The number of nitrogens with zero attached hydrogens (tertiary/aromatic N) is 4. The topological polar surface area (TPSA) is 72.6 Å². The van der Waals surface area contributed by atoms with Crippen molar-refractivity contribution < 1.29 is 14.6 Å². The highest BCUT2D eigenvalue weighted by atomic mass is 16.5. The van der Waals surface area contributed by atoms with E-state index in [1.165, 1.54) is 6.33 Å². The smallest absolute Gasteiger partial charge is 0.137 e. The fraction of sp³-hybridized carbons (Fsp3) is 0.556. The van der Waals surface area contributed by atoms with Gasteiger partial charge in [0.25, 0.3) is 0 Å². The Hall–Kier alpha value is -1.96. The van der Waals surface area contributed by atoms with Gasteiger partial charge in [-0.3, -0.25) is 9.58 Å². The molecule has 1 fully saturated rings. The fourth-order valence-corrected chi connectivity index (χ4v) is 3.15. The molecule has 1 saturated heterocycles. The van der Waals surface area contributed by atoms with Crippen LogP contribution in [0.5, 0.6) is 5.75 Å². The zero-order valence-corrected chi connectivity index (χ0v) is 14.8. The van der Waals surface area contributed by atoms with E-state index in [1.807, 2.05) is 32.0 Å². The van der Waals surface area contributed by atoms with Crippen molar-refractivity contribution >= 4 is 0 Å². The Morgan fingerprint density at radius 3 is 2.88 bits per heavy atom. The van der Waals surface area contributed by atoms with Gasteiger partial charge in [0.15, 0.2) is 0 Å². The van der Waals surface area contributed by atoms with Gasteiger partial charge in [-0.25, -0.2) is 4.98 Å². The molecule has 2 atom stereocenters. The normalized spacial score (nSPS) is 19.7. The molecule has 0 aliphatic carbocycles. The molecule has 2 unspecified atom stereocenters. The number of ether oxygens (including phenoxy) is 2. The maximum atomic E-state index is 10.4. The second kappa shape index (κ2) is 8.42. The van der Waals surface area contributed by atoms with E-state index in [2.05, 4.69) is 15.0 Å². The predicted octanol–water partition coefficient (Wildman–Crippen LogP) is 1.04. The second-order valence-corrected chi connectivity index (χ2v) is 6.56. The second-order valence-electron chi connectivity index (χ2n) is 6.56. The molecule has 25 heavy (non-hydrogen) atoms. The number of hydrogen-bond donors (Lipinski definition) is 1. The number of aliphatic hydroxyl groups is 1. The molecule has 1 aromatic heterocycles. The number of para-hydroxylation sites is 1. The van der Waals surface area contributed by atoms with E-state index in [1.54, 1.807) is 11.0 Å². The highest BCUT2D eigenvalue weighted by Crippen LogP contribution is 2.22. The van der Waals surface area contributed by atoms with E-state index in [9.17, 15) is 5.11 Å². The van der Waals surface area contributed by atoms with Crippen molar-refractivity contribution in [2.75, 3.05) is 32.8 Å². The number of rotatable bonds is 7. The van der Waals surface area contributed by atoms with E-state index in [0.717, 1.165) is 30.0 Å². The van der Waals surface area contributed by atoms with Crippen LogP contribution in [-0.4, -0.2) is 69.8 Å². The summed E-state index contributed by atoms with van der Waals surface area (Å²) in [5.41, 5.74) is 2.18. The molecule has 136 valence electrons. The molecule has 1 aliphatic rings. The molecule has 0 radical (unpaired) electrons. The van der Waals surface area contributed by atoms with Crippen LogP contribution in [0.4, 0.5) is 0 Å². The number of benzene rings is 1. The third-order valence-corrected chi connectivity index (χ3v) is 4.38. The van der Waals surface area contributed by atoms with E-state index >= 15 is 0 Å². The van der Waals surface area contributed by atoms with Gasteiger partial charge < -0.3 is 14.6 Å². The third-order valence-electron chi connectivity index (χ3n) is 4.38. The zero-order chi connectivity index (χ0) is 17.6. The Kier molecular flexibility index (Phi) is 6.01. The summed E-state index contributed by atoms with van der Waals surface area (Å²) in [5, 5.41) is 14.5. The van der Waals surface area contributed by atoms with Gasteiger partial charge in [-0.15, -0.1) is 0 Å². The van der Waals surface area contributed by atoms with Crippen LogP contribution < -0.4 is 4.74 Å². The molecule has 2 heterocycles. The lowest BCUT2D eigenvalue weighted by Crippen LogP contribution is -2.47. The van der Waals surface area contributed by atoms with Crippen LogP contribution in [-0.2, 0) is 11.3 Å².